The van der Waals surface area contributed by atoms with Crippen LogP contribution in [-0.2, 0) is 4.79 Å². The Labute approximate surface area is 101 Å². The van der Waals surface area contributed by atoms with Crippen LogP contribution in [0.3, 0.4) is 0 Å². The summed E-state index contributed by atoms with van der Waals surface area (Å²) in [5.41, 5.74) is 1.96. The van der Waals surface area contributed by atoms with Gasteiger partial charge < -0.3 is 14.6 Å². The van der Waals surface area contributed by atoms with Gasteiger partial charge in [-0.05, 0) is 26.3 Å². The van der Waals surface area contributed by atoms with E-state index in [9.17, 15) is 4.79 Å². The standard InChI is InChI=1S/C13H21NOP/c1-5-10(3)8-7-9-12(6-2)13(15)14-11(4)16/h6-9,11,16H,5H2,1-4H3,(H,14,15)/q-1/b9-7-,10-8+,12-6+. The number of allylic oxidation sites excluding steroid dienone is 4. The summed E-state index contributed by atoms with van der Waals surface area (Å²) in [7, 11) is 3.33. The second-order valence-corrected chi connectivity index (χ2v) is 4.53. The van der Waals surface area contributed by atoms with Crippen molar-refractivity contribution in [1.82, 2.24) is 5.32 Å². The highest BCUT2D eigenvalue weighted by molar-refractivity contribution is 7.17. The van der Waals surface area contributed by atoms with Crippen LogP contribution in [0.15, 0.2) is 35.5 Å². The summed E-state index contributed by atoms with van der Waals surface area (Å²) in [6.07, 6.45) is 8.58. The van der Waals surface area contributed by atoms with Crippen molar-refractivity contribution in [3.8, 4) is 0 Å². The fourth-order valence-corrected chi connectivity index (χ4v) is 1.15. The minimum absolute atomic E-state index is 0.0243. The second-order valence-electron chi connectivity index (χ2n) is 3.66. The topological polar surface area (TPSA) is 29.1 Å². The van der Waals surface area contributed by atoms with Gasteiger partial charge in [-0.15, -0.1) is 5.78 Å². The molecular formula is C13H21NOP-. The van der Waals surface area contributed by atoms with Crippen molar-refractivity contribution in [2.24, 2.45) is 0 Å². The molecular weight excluding hydrogens is 217 g/mol. The summed E-state index contributed by atoms with van der Waals surface area (Å²) < 4.78 is 0. The summed E-state index contributed by atoms with van der Waals surface area (Å²) in [5, 5.41) is 2.78. The molecule has 0 rings (SSSR count). The Hall–Kier alpha value is -0.880. The zero-order valence-corrected chi connectivity index (χ0v) is 11.5. The van der Waals surface area contributed by atoms with E-state index in [1.807, 2.05) is 32.1 Å². The second kappa shape index (κ2) is 8.29. The van der Waals surface area contributed by atoms with Gasteiger partial charge in [0.1, 0.15) is 0 Å². The van der Waals surface area contributed by atoms with Gasteiger partial charge in [0.2, 0.25) is 5.91 Å². The lowest BCUT2D eigenvalue weighted by Crippen LogP contribution is -2.28. The Kier molecular flexibility index (Phi) is 7.84. The summed E-state index contributed by atoms with van der Waals surface area (Å²) in [6.45, 7) is 7.90. The molecule has 3 heteroatoms. The summed E-state index contributed by atoms with van der Waals surface area (Å²) in [6, 6.07) is 0. The molecule has 16 heavy (non-hydrogen) atoms. The number of hydrogen-bond donors (Lipinski definition) is 1. The first-order valence-electron chi connectivity index (χ1n) is 5.53. The van der Waals surface area contributed by atoms with Crippen LogP contribution in [0.25, 0.3) is 0 Å². The molecule has 0 aromatic carbocycles. The fourth-order valence-electron chi connectivity index (χ4n) is 1.02. The van der Waals surface area contributed by atoms with Gasteiger partial charge >= 0.3 is 0 Å². The molecule has 2 nitrogen and oxygen atoms in total. The normalized spacial score (nSPS) is 15.3. The molecule has 1 N–H and O–H groups in total. The summed E-state index contributed by atoms with van der Waals surface area (Å²) in [4.78, 5) is 11.6. The molecule has 0 aliphatic carbocycles. The number of amides is 1. The Morgan fingerprint density at radius 3 is 2.56 bits per heavy atom. The van der Waals surface area contributed by atoms with Crippen LogP contribution in [0.2, 0.25) is 0 Å². The molecule has 0 aromatic heterocycles. The maximum Gasteiger partial charge on any atom is 0.248 e. The van der Waals surface area contributed by atoms with E-state index >= 15 is 0 Å². The van der Waals surface area contributed by atoms with Crippen LogP contribution in [0.4, 0.5) is 0 Å². The van der Waals surface area contributed by atoms with Gasteiger partial charge in [-0.25, -0.2) is 0 Å². The fraction of sp³-hybridized carbons (Fsp3) is 0.462. The highest BCUT2D eigenvalue weighted by Crippen LogP contribution is 2.03. The van der Waals surface area contributed by atoms with Crippen LogP contribution in [0.5, 0.6) is 0 Å². The van der Waals surface area contributed by atoms with Crippen LogP contribution < -0.4 is 5.32 Å². The molecule has 1 atom stereocenters. The summed E-state index contributed by atoms with van der Waals surface area (Å²) >= 11 is 0. The van der Waals surface area contributed by atoms with Gasteiger partial charge in [0.25, 0.3) is 0 Å². The highest BCUT2D eigenvalue weighted by Gasteiger charge is 2.02. The van der Waals surface area contributed by atoms with E-state index in [2.05, 4.69) is 28.4 Å². The van der Waals surface area contributed by atoms with E-state index in [0.717, 1.165) is 6.42 Å². The Balaban J connectivity index is 4.49. The first kappa shape index (κ1) is 15.1. The van der Waals surface area contributed by atoms with Gasteiger partial charge in [-0.2, -0.15) is 0 Å². The van der Waals surface area contributed by atoms with Gasteiger partial charge in [0.05, 0.1) is 0 Å². The van der Waals surface area contributed by atoms with Crippen molar-refractivity contribution < 1.29 is 4.79 Å². The molecule has 1 amide bonds. The SMILES string of the molecule is C\C=C(/C=C\C=C(/C)CC)C(=O)NC(C)[PH-]. The van der Waals surface area contributed by atoms with Crippen molar-refractivity contribution >= 4 is 15.1 Å². The van der Waals surface area contributed by atoms with E-state index in [1.54, 1.807) is 6.08 Å². The number of carbonyl (C=O) groups is 1. The van der Waals surface area contributed by atoms with Crippen LogP contribution >= 0.6 is 9.24 Å². The quantitative estimate of drug-likeness (QED) is 0.443. The van der Waals surface area contributed by atoms with Crippen LogP contribution in [-0.4, -0.2) is 11.7 Å². The zero-order chi connectivity index (χ0) is 12.6. The Bertz CT molecular complexity index is 314. The average molecular weight is 238 g/mol. The summed E-state index contributed by atoms with van der Waals surface area (Å²) in [5.74, 6) is -0.0902. The minimum Gasteiger partial charge on any atom is -0.534 e. The third-order valence-electron chi connectivity index (χ3n) is 2.13. The monoisotopic (exact) mass is 238 g/mol. The predicted octanol–water partition coefficient (Wildman–Crippen LogP) is 3.45. The average Bonchev–Trinajstić information content (AvgIpc) is 2.22. The Morgan fingerprint density at radius 1 is 1.50 bits per heavy atom. The van der Waals surface area contributed by atoms with Crippen molar-refractivity contribution in [2.45, 2.75) is 39.9 Å². The molecule has 0 saturated carbocycles. The maximum atomic E-state index is 11.6. The number of carbonyl (C=O) groups excluding carboxylic acids is 1. The van der Waals surface area contributed by atoms with E-state index in [0.29, 0.717) is 5.57 Å². The molecule has 0 aliphatic rings. The van der Waals surface area contributed by atoms with E-state index in [4.69, 9.17) is 0 Å². The van der Waals surface area contributed by atoms with Gasteiger partial charge in [0.15, 0.2) is 0 Å². The zero-order valence-electron chi connectivity index (χ0n) is 10.5. The number of hydrogen-bond acceptors (Lipinski definition) is 1. The van der Waals surface area contributed by atoms with E-state index in [-0.39, 0.29) is 11.7 Å². The molecule has 0 saturated heterocycles. The van der Waals surface area contributed by atoms with E-state index < -0.39 is 0 Å². The molecule has 0 radical (unpaired) electrons. The first-order chi connectivity index (χ1) is 7.51. The van der Waals surface area contributed by atoms with Crippen LogP contribution in [0.1, 0.15) is 34.1 Å². The third-order valence-corrected chi connectivity index (χ3v) is 2.28. The van der Waals surface area contributed by atoms with Crippen molar-refractivity contribution in [3.05, 3.63) is 35.5 Å². The Morgan fingerprint density at radius 2 is 2.12 bits per heavy atom. The van der Waals surface area contributed by atoms with Gasteiger partial charge in [0, 0.05) is 5.57 Å². The molecule has 0 spiro atoms. The lowest BCUT2D eigenvalue weighted by atomic mass is 10.2. The van der Waals surface area contributed by atoms with Crippen molar-refractivity contribution in [1.29, 1.82) is 0 Å². The highest BCUT2D eigenvalue weighted by atomic mass is 31.0. The first-order valence-corrected chi connectivity index (χ1v) is 6.11. The van der Waals surface area contributed by atoms with Gasteiger partial charge in [-0.3, -0.25) is 4.79 Å². The molecule has 0 aliphatic heterocycles. The number of nitrogens with one attached hydrogen (secondary N) is 1. The third kappa shape index (κ3) is 6.58. The lowest BCUT2D eigenvalue weighted by Gasteiger charge is -2.15. The largest absolute Gasteiger partial charge is 0.534 e. The van der Waals surface area contributed by atoms with Gasteiger partial charge in [-0.1, -0.05) is 37.6 Å². The van der Waals surface area contributed by atoms with Crippen molar-refractivity contribution in [2.75, 3.05) is 0 Å². The lowest BCUT2D eigenvalue weighted by molar-refractivity contribution is -0.117. The van der Waals surface area contributed by atoms with Crippen LogP contribution in [0, 0.1) is 0 Å². The molecule has 0 fully saturated rings. The molecule has 0 heterocycles. The molecule has 1 unspecified atom stereocenters. The van der Waals surface area contributed by atoms with E-state index in [1.165, 1.54) is 5.57 Å². The molecule has 90 valence electrons. The smallest absolute Gasteiger partial charge is 0.248 e. The minimum atomic E-state index is -0.0659. The molecule has 0 bridgehead atoms. The van der Waals surface area contributed by atoms with Crippen molar-refractivity contribution in [3.63, 3.8) is 0 Å². The molecule has 0 aromatic rings. The maximum absolute atomic E-state index is 11.6. The predicted molar refractivity (Wildman–Crippen MR) is 72.9 cm³/mol. The number of rotatable bonds is 5.